The Morgan fingerprint density at radius 2 is 1.80 bits per heavy atom. The zero-order valence-corrected chi connectivity index (χ0v) is 13.9. The zero-order valence-electron chi connectivity index (χ0n) is 13.9. The van der Waals surface area contributed by atoms with Crippen LogP contribution in [-0.2, 0) is 16.0 Å². The Bertz CT molecular complexity index is 875. The Morgan fingerprint density at radius 1 is 1.08 bits per heavy atom. The molecule has 2 aromatic carbocycles. The van der Waals surface area contributed by atoms with Crippen LogP contribution in [0.25, 0.3) is 0 Å². The Hall–Kier alpha value is -3.15. The van der Waals surface area contributed by atoms with Gasteiger partial charge in [-0.25, -0.2) is 0 Å². The molecular weight excluding hydrogens is 320 g/mol. The summed E-state index contributed by atoms with van der Waals surface area (Å²) in [5.74, 6) is -1.21. The number of hydrogen-bond donors (Lipinski definition) is 2. The van der Waals surface area contributed by atoms with Crippen LogP contribution in [-0.4, -0.2) is 28.7 Å². The summed E-state index contributed by atoms with van der Waals surface area (Å²) in [6.45, 7) is 2.75. The Kier molecular flexibility index (Phi) is 4.27. The molecule has 25 heavy (non-hydrogen) atoms. The van der Waals surface area contributed by atoms with E-state index in [4.69, 9.17) is 0 Å². The number of amides is 2. The van der Waals surface area contributed by atoms with Gasteiger partial charge in [-0.2, -0.15) is 0 Å². The molecule has 2 N–H and O–H groups in total. The zero-order chi connectivity index (χ0) is 18.1. The molecule has 128 valence electrons. The molecule has 2 aromatic rings. The lowest BCUT2D eigenvalue weighted by molar-refractivity contribution is -0.122. The SMILES string of the molecule is CC(=O)c1cccc(NC(=O)[C@@H]2Cc3ccccc3N2C(C)=O)c1O. The topological polar surface area (TPSA) is 86.7 Å². The van der Waals surface area contributed by atoms with Crippen molar-refractivity contribution in [1.82, 2.24) is 0 Å². The summed E-state index contributed by atoms with van der Waals surface area (Å²) in [7, 11) is 0. The largest absolute Gasteiger partial charge is 0.505 e. The quantitative estimate of drug-likeness (QED) is 0.665. The molecule has 3 rings (SSSR count). The number of hydrogen-bond acceptors (Lipinski definition) is 4. The molecule has 1 aliphatic heterocycles. The highest BCUT2D eigenvalue weighted by Crippen LogP contribution is 2.34. The van der Waals surface area contributed by atoms with Crippen molar-refractivity contribution >= 4 is 29.0 Å². The third kappa shape index (κ3) is 2.98. The van der Waals surface area contributed by atoms with Gasteiger partial charge in [0.05, 0.1) is 11.3 Å². The van der Waals surface area contributed by atoms with Crippen molar-refractivity contribution in [2.45, 2.75) is 26.3 Å². The first-order valence-electron chi connectivity index (χ1n) is 7.91. The van der Waals surface area contributed by atoms with E-state index in [1.807, 2.05) is 18.2 Å². The lowest BCUT2D eigenvalue weighted by Gasteiger charge is -2.23. The highest BCUT2D eigenvalue weighted by atomic mass is 16.3. The molecule has 1 atom stereocenters. The second-order valence-electron chi connectivity index (χ2n) is 5.98. The second-order valence-corrected chi connectivity index (χ2v) is 5.98. The number of carbonyl (C=O) groups excluding carboxylic acids is 3. The number of carbonyl (C=O) groups is 3. The van der Waals surface area contributed by atoms with Crippen LogP contribution in [0.5, 0.6) is 5.75 Å². The molecule has 0 aliphatic carbocycles. The highest BCUT2D eigenvalue weighted by molar-refractivity contribution is 6.08. The van der Waals surface area contributed by atoms with Gasteiger partial charge < -0.3 is 10.4 Å². The monoisotopic (exact) mass is 338 g/mol. The van der Waals surface area contributed by atoms with Crippen molar-refractivity contribution in [3.63, 3.8) is 0 Å². The van der Waals surface area contributed by atoms with Gasteiger partial charge in [-0.3, -0.25) is 19.3 Å². The molecule has 0 bridgehead atoms. The second kappa shape index (κ2) is 6.39. The van der Waals surface area contributed by atoms with Gasteiger partial charge in [-0.1, -0.05) is 24.3 Å². The number of rotatable bonds is 3. The molecule has 6 nitrogen and oxygen atoms in total. The number of Topliss-reactive ketones (excluding diaryl/α,β-unsaturated/α-hetero) is 1. The number of ketones is 1. The minimum Gasteiger partial charge on any atom is -0.505 e. The van der Waals surface area contributed by atoms with Gasteiger partial charge in [0.1, 0.15) is 11.8 Å². The van der Waals surface area contributed by atoms with Gasteiger partial charge in [-0.05, 0) is 30.7 Å². The predicted octanol–water partition coefficient (Wildman–Crippen LogP) is 2.51. The van der Waals surface area contributed by atoms with Crippen LogP contribution < -0.4 is 10.2 Å². The first-order chi connectivity index (χ1) is 11.9. The smallest absolute Gasteiger partial charge is 0.248 e. The number of fused-ring (bicyclic) bond motifs is 1. The molecule has 1 heterocycles. The van der Waals surface area contributed by atoms with Crippen molar-refractivity contribution < 1.29 is 19.5 Å². The van der Waals surface area contributed by atoms with Crippen LogP contribution in [0.15, 0.2) is 42.5 Å². The lowest BCUT2D eigenvalue weighted by Crippen LogP contribution is -2.44. The number of aromatic hydroxyl groups is 1. The Labute approximate surface area is 145 Å². The maximum absolute atomic E-state index is 12.7. The van der Waals surface area contributed by atoms with E-state index in [0.29, 0.717) is 6.42 Å². The van der Waals surface area contributed by atoms with Crippen LogP contribution in [0.3, 0.4) is 0 Å². The summed E-state index contributed by atoms with van der Waals surface area (Å²) in [6, 6.07) is 11.2. The van der Waals surface area contributed by atoms with E-state index in [9.17, 15) is 19.5 Å². The summed E-state index contributed by atoms with van der Waals surface area (Å²) < 4.78 is 0. The highest BCUT2D eigenvalue weighted by Gasteiger charge is 2.37. The first-order valence-corrected chi connectivity index (χ1v) is 7.91. The van der Waals surface area contributed by atoms with Crippen molar-refractivity contribution in [3.8, 4) is 5.75 Å². The minimum absolute atomic E-state index is 0.135. The minimum atomic E-state index is -0.699. The van der Waals surface area contributed by atoms with E-state index in [1.54, 1.807) is 12.1 Å². The number of anilines is 2. The van der Waals surface area contributed by atoms with Gasteiger partial charge in [0.15, 0.2) is 5.78 Å². The van der Waals surface area contributed by atoms with Crippen molar-refractivity contribution in [2.75, 3.05) is 10.2 Å². The van der Waals surface area contributed by atoms with Crippen LogP contribution in [0.4, 0.5) is 11.4 Å². The fraction of sp³-hybridized carbons (Fsp3) is 0.211. The average molecular weight is 338 g/mol. The Balaban J connectivity index is 1.89. The van der Waals surface area contributed by atoms with Gasteiger partial charge in [0, 0.05) is 19.0 Å². The molecule has 2 amide bonds. The molecule has 0 saturated heterocycles. The third-order valence-electron chi connectivity index (χ3n) is 4.29. The third-order valence-corrected chi connectivity index (χ3v) is 4.29. The normalized spacial score (nSPS) is 15.6. The molecule has 0 saturated carbocycles. The molecule has 0 aromatic heterocycles. The molecular formula is C19H18N2O4. The summed E-state index contributed by atoms with van der Waals surface area (Å²) in [4.78, 5) is 37.7. The van der Waals surface area contributed by atoms with Crippen LogP contribution >= 0.6 is 0 Å². The molecule has 0 fully saturated rings. The number of phenols is 1. The molecule has 1 aliphatic rings. The van der Waals surface area contributed by atoms with E-state index in [2.05, 4.69) is 5.32 Å². The summed E-state index contributed by atoms with van der Waals surface area (Å²) in [5, 5.41) is 12.8. The van der Waals surface area contributed by atoms with Crippen LogP contribution in [0, 0.1) is 0 Å². The average Bonchev–Trinajstić information content (AvgIpc) is 2.96. The number of benzene rings is 2. The van der Waals surface area contributed by atoms with E-state index in [1.165, 1.54) is 30.9 Å². The standard InChI is InChI=1S/C19H18N2O4/c1-11(22)14-7-5-8-15(18(14)24)20-19(25)17-10-13-6-3-4-9-16(13)21(17)12(2)23/h3-9,17,24H,10H2,1-2H3,(H,20,25)/t17-/m0/s1. The van der Waals surface area contributed by atoms with E-state index >= 15 is 0 Å². The van der Waals surface area contributed by atoms with Crippen molar-refractivity contribution in [2.24, 2.45) is 0 Å². The fourth-order valence-electron chi connectivity index (χ4n) is 3.13. The summed E-state index contributed by atoms with van der Waals surface area (Å²) in [6.07, 6.45) is 0.398. The number of para-hydroxylation sites is 2. The maximum atomic E-state index is 12.7. The molecule has 0 spiro atoms. The van der Waals surface area contributed by atoms with Crippen LogP contribution in [0.1, 0.15) is 29.8 Å². The summed E-state index contributed by atoms with van der Waals surface area (Å²) in [5.41, 5.74) is 1.92. The summed E-state index contributed by atoms with van der Waals surface area (Å²) >= 11 is 0. The molecule has 6 heteroatoms. The fourth-order valence-corrected chi connectivity index (χ4v) is 3.13. The van der Waals surface area contributed by atoms with Crippen molar-refractivity contribution in [3.05, 3.63) is 53.6 Å². The van der Waals surface area contributed by atoms with E-state index < -0.39 is 11.9 Å². The van der Waals surface area contributed by atoms with E-state index in [0.717, 1.165) is 11.3 Å². The lowest BCUT2D eigenvalue weighted by atomic mass is 10.1. The van der Waals surface area contributed by atoms with Gasteiger partial charge in [0.2, 0.25) is 11.8 Å². The van der Waals surface area contributed by atoms with Crippen molar-refractivity contribution in [1.29, 1.82) is 0 Å². The van der Waals surface area contributed by atoms with Gasteiger partial charge >= 0.3 is 0 Å². The van der Waals surface area contributed by atoms with Crippen LogP contribution in [0.2, 0.25) is 0 Å². The predicted molar refractivity (Wildman–Crippen MR) is 93.8 cm³/mol. The first kappa shape index (κ1) is 16.7. The number of phenolic OH excluding ortho intramolecular Hbond substituents is 1. The molecule has 0 radical (unpaired) electrons. The van der Waals surface area contributed by atoms with Gasteiger partial charge in [0.25, 0.3) is 0 Å². The van der Waals surface area contributed by atoms with Gasteiger partial charge in [-0.15, -0.1) is 0 Å². The Morgan fingerprint density at radius 3 is 2.48 bits per heavy atom. The molecule has 0 unspecified atom stereocenters. The maximum Gasteiger partial charge on any atom is 0.248 e. The van der Waals surface area contributed by atoms with E-state index in [-0.39, 0.29) is 28.7 Å². The number of nitrogens with one attached hydrogen (secondary N) is 1. The number of nitrogens with zero attached hydrogens (tertiary/aromatic N) is 1.